The summed E-state index contributed by atoms with van der Waals surface area (Å²) in [5.41, 5.74) is 0.120. The zero-order valence-electron chi connectivity index (χ0n) is 9.93. The molecule has 7 heteroatoms. The van der Waals surface area contributed by atoms with Gasteiger partial charge in [-0.25, -0.2) is 9.78 Å². The van der Waals surface area contributed by atoms with Gasteiger partial charge in [-0.15, -0.1) is 11.3 Å². The first-order valence-electron chi connectivity index (χ1n) is 5.32. The number of aromatic carboxylic acids is 1. The van der Waals surface area contributed by atoms with Crippen LogP contribution in [0.3, 0.4) is 0 Å². The number of halogens is 2. The molecule has 0 radical (unpaired) electrons. The third-order valence-corrected chi connectivity index (χ3v) is 3.88. The van der Waals surface area contributed by atoms with Crippen LogP contribution in [0.25, 0.3) is 0 Å². The molecule has 4 nitrogen and oxygen atoms in total. The summed E-state index contributed by atoms with van der Waals surface area (Å²) < 4.78 is 0.695. The molecule has 0 aliphatic carbocycles. The summed E-state index contributed by atoms with van der Waals surface area (Å²) in [5.74, 6) is -0.695. The Labute approximate surface area is 124 Å². The van der Waals surface area contributed by atoms with E-state index >= 15 is 0 Å². The first-order valence-corrected chi connectivity index (χ1v) is 6.90. The van der Waals surface area contributed by atoms with E-state index in [0.717, 1.165) is 4.88 Å². The molecule has 1 N–H and O–H groups in total. The van der Waals surface area contributed by atoms with Crippen molar-refractivity contribution in [2.45, 2.75) is 6.54 Å². The molecule has 0 unspecified atom stereocenters. The highest BCUT2D eigenvalue weighted by Gasteiger charge is 2.16. The molecule has 0 fully saturated rings. The number of aromatic nitrogens is 1. The molecule has 0 aliphatic rings. The number of hydrogen-bond acceptors (Lipinski definition) is 4. The van der Waals surface area contributed by atoms with Crippen LogP contribution in [-0.4, -0.2) is 23.1 Å². The number of carbonyl (C=O) groups is 1. The lowest BCUT2D eigenvalue weighted by molar-refractivity contribution is 0.0697. The minimum absolute atomic E-state index is 0.120. The Kier molecular flexibility index (Phi) is 4.29. The molecule has 0 aliphatic heterocycles. The fourth-order valence-corrected chi connectivity index (χ4v) is 2.91. The maximum Gasteiger partial charge on any atom is 0.339 e. The van der Waals surface area contributed by atoms with E-state index in [9.17, 15) is 4.79 Å². The average molecular weight is 317 g/mol. The Balaban J connectivity index is 2.29. The largest absolute Gasteiger partial charge is 0.478 e. The van der Waals surface area contributed by atoms with E-state index in [1.807, 2.05) is 6.07 Å². The molecular weight excluding hydrogens is 307 g/mol. The van der Waals surface area contributed by atoms with E-state index in [1.54, 1.807) is 18.0 Å². The first kappa shape index (κ1) is 14.1. The molecule has 2 aromatic heterocycles. The van der Waals surface area contributed by atoms with Crippen LogP contribution in [0.1, 0.15) is 15.2 Å². The highest BCUT2D eigenvalue weighted by molar-refractivity contribution is 7.16. The Morgan fingerprint density at radius 1 is 1.37 bits per heavy atom. The monoisotopic (exact) mass is 316 g/mol. The van der Waals surface area contributed by atoms with Gasteiger partial charge >= 0.3 is 5.97 Å². The van der Waals surface area contributed by atoms with E-state index in [4.69, 9.17) is 28.3 Å². The van der Waals surface area contributed by atoms with Gasteiger partial charge in [-0.2, -0.15) is 0 Å². The third-order valence-electron chi connectivity index (χ3n) is 2.45. The molecule has 2 aromatic rings. The minimum atomic E-state index is -1.03. The number of hydrogen-bond donors (Lipinski definition) is 1. The summed E-state index contributed by atoms with van der Waals surface area (Å²) >= 11 is 13.1. The second kappa shape index (κ2) is 5.77. The van der Waals surface area contributed by atoms with Crippen molar-refractivity contribution in [2.75, 3.05) is 11.9 Å². The lowest BCUT2D eigenvalue weighted by Gasteiger charge is -2.19. The van der Waals surface area contributed by atoms with E-state index in [1.165, 1.54) is 23.5 Å². The molecule has 2 heterocycles. The molecule has 0 atom stereocenters. The van der Waals surface area contributed by atoms with Crippen molar-refractivity contribution in [3.8, 4) is 0 Å². The number of carboxylic acid groups (broad SMARTS) is 1. The highest BCUT2D eigenvalue weighted by atomic mass is 35.5. The van der Waals surface area contributed by atoms with Gasteiger partial charge in [0.05, 0.1) is 10.9 Å². The minimum Gasteiger partial charge on any atom is -0.478 e. The lowest BCUT2D eigenvalue weighted by Crippen LogP contribution is -2.20. The summed E-state index contributed by atoms with van der Waals surface area (Å²) in [6, 6.07) is 6.61. The molecule has 0 bridgehead atoms. The smallest absolute Gasteiger partial charge is 0.339 e. The summed E-state index contributed by atoms with van der Waals surface area (Å²) in [4.78, 5) is 18.0. The summed E-state index contributed by atoms with van der Waals surface area (Å²) in [6.07, 6.45) is 0. The second-order valence-electron chi connectivity index (χ2n) is 3.87. The number of pyridine rings is 1. The van der Waals surface area contributed by atoms with Crippen LogP contribution in [0.15, 0.2) is 24.3 Å². The van der Waals surface area contributed by atoms with Gasteiger partial charge in [-0.3, -0.25) is 0 Å². The zero-order chi connectivity index (χ0) is 14.0. The molecule has 0 saturated carbocycles. The van der Waals surface area contributed by atoms with Crippen molar-refractivity contribution >= 4 is 46.3 Å². The predicted molar refractivity (Wildman–Crippen MR) is 77.6 cm³/mol. The van der Waals surface area contributed by atoms with Crippen LogP contribution in [0.2, 0.25) is 9.49 Å². The van der Waals surface area contributed by atoms with Crippen molar-refractivity contribution < 1.29 is 9.90 Å². The fourth-order valence-electron chi connectivity index (χ4n) is 1.63. The Morgan fingerprint density at radius 3 is 2.68 bits per heavy atom. The molecule has 0 amide bonds. The molecule has 2 rings (SSSR count). The van der Waals surface area contributed by atoms with Crippen molar-refractivity contribution in [2.24, 2.45) is 0 Å². The van der Waals surface area contributed by atoms with Gasteiger partial charge in [-0.05, 0) is 24.3 Å². The molecule has 19 heavy (non-hydrogen) atoms. The second-order valence-corrected chi connectivity index (χ2v) is 6.06. The van der Waals surface area contributed by atoms with Crippen LogP contribution in [0.5, 0.6) is 0 Å². The number of carboxylic acids is 1. The Hall–Kier alpha value is -1.30. The quantitative estimate of drug-likeness (QED) is 0.872. The molecular formula is C12H10Cl2N2O2S. The van der Waals surface area contributed by atoms with Crippen LogP contribution >= 0.6 is 34.5 Å². The van der Waals surface area contributed by atoms with Gasteiger partial charge in [0.1, 0.15) is 16.5 Å². The summed E-state index contributed by atoms with van der Waals surface area (Å²) in [7, 11) is 1.76. The van der Waals surface area contributed by atoms with Gasteiger partial charge < -0.3 is 10.0 Å². The van der Waals surface area contributed by atoms with Crippen LogP contribution in [0.4, 0.5) is 5.82 Å². The van der Waals surface area contributed by atoms with Gasteiger partial charge in [0.25, 0.3) is 0 Å². The first-order chi connectivity index (χ1) is 8.97. The average Bonchev–Trinajstić information content (AvgIpc) is 2.74. The van der Waals surface area contributed by atoms with Crippen molar-refractivity contribution in [3.05, 3.63) is 44.2 Å². The summed E-state index contributed by atoms with van der Waals surface area (Å²) in [5, 5.41) is 9.41. The van der Waals surface area contributed by atoms with Crippen LogP contribution in [0, 0.1) is 0 Å². The van der Waals surface area contributed by atoms with Crippen molar-refractivity contribution in [1.82, 2.24) is 4.98 Å². The van der Waals surface area contributed by atoms with Crippen LogP contribution < -0.4 is 4.90 Å². The van der Waals surface area contributed by atoms with Crippen LogP contribution in [-0.2, 0) is 6.54 Å². The van der Waals surface area contributed by atoms with E-state index < -0.39 is 5.97 Å². The molecule has 0 aromatic carbocycles. The number of nitrogens with zero attached hydrogens (tertiary/aromatic N) is 2. The lowest BCUT2D eigenvalue weighted by atomic mass is 10.2. The maximum atomic E-state index is 11.2. The Morgan fingerprint density at radius 2 is 2.11 bits per heavy atom. The highest BCUT2D eigenvalue weighted by Crippen LogP contribution is 2.26. The maximum absolute atomic E-state index is 11.2. The van der Waals surface area contributed by atoms with E-state index in [0.29, 0.717) is 16.7 Å². The van der Waals surface area contributed by atoms with Gasteiger partial charge in [0.2, 0.25) is 0 Å². The van der Waals surface area contributed by atoms with E-state index in [2.05, 4.69) is 4.98 Å². The van der Waals surface area contributed by atoms with E-state index in [-0.39, 0.29) is 10.7 Å². The standard InChI is InChI=1S/C12H10Cl2N2O2S/c1-16(6-7-2-5-10(14)19-7)11-8(12(17)18)3-4-9(13)15-11/h2-5H,6H2,1H3,(H,17,18). The number of rotatable bonds is 4. The number of thiophene rings is 1. The topological polar surface area (TPSA) is 53.4 Å². The predicted octanol–water partition coefficient (Wildman–Crippen LogP) is 3.78. The molecule has 0 saturated heterocycles. The van der Waals surface area contributed by atoms with Gasteiger partial charge in [0, 0.05) is 11.9 Å². The normalized spacial score (nSPS) is 10.5. The third kappa shape index (κ3) is 3.37. The zero-order valence-corrected chi connectivity index (χ0v) is 12.3. The van der Waals surface area contributed by atoms with Crippen molar-refractivity contribution in [3.63, 3.8) is 0 Å². The fraction of sp³-hybridized carbons (Fsp3) is 0.167. The number of anilines is 1. The van der Waals surface area contributed by atoms with Crippen molar-refractivity contribution in [1.29, 1.82) is 0 Å². The summed E-state index contributed by atoms with van der Waals surface area (Å²) in [6.45, 7) is 0.519. The SMILES string of the molecule is CN(Cc1ccc(Cl)s1)c1nc(Cl)ccc1C(=O)O. The van der Waals surface area contributed by atoms with Gasteiger partial charge in [0.15, 0.2) is 0 Å². The van der Waals surface area contributed by atoms with Gasteiger partial charge in [-0.1, -0.05) is 23.2 Å². The Bertz CT molecular complexity index is 616. The molecule has 100 valence electrons. The molecule has 0 spiro atoms.